The summed E-state index contributed by atoms with van der Waals surface area (Å²) in [7, 11) is 0.462. The monoisotopic (exact) mass is 613 g/mol. The van der Waals surface area contributed by atoms with Gasteiger partial charge in [-0.3, -0.25) is 4.79 Å². The first-order chi connectivity index (χ1) is 19.1. The summed E-state index contributed by atoms with van der Waals surface area (Å²) in [6.45, 7) is 13.7. The largest absolute Gasteiger partial charge is 0.516 e. The Morgan fingerprint density at radius 3 is 2.44 bits per heavy atom. The standard InChI is InChI=1S/C28H43NO10SSi/c1-17-21(34-6)14-22(38-27(33)37-18(2)39-41(8,9)28(3,4)5)19-15-40-16-20(25(31)35-7)29-23(30)12-10-11-13-36-26(32)24(17)19/h14,18,20H,10-13,15-16H2,1-9H3,(H,29,30)/t18?,20-/m0/s1. The van der Waals surface area contributed by atoms with Gasteiger partial charge in [0.2, 0.25) is 5.91 Å². The lowest BCUT2D eigenvalue weighted by atomic mass is 10.0. The molecular formula is C28H43NO10SSi. The summed E-state index contributed by atoms with van der Waals surface area (Å²) < 4.78 is 33.0. The number of rotatable bonds is 6. The molecule has 1 aliphatic rings. The number of amides is 1. The zero-order valence-corrected chi connectivity index (χ0v) is 27.3. The summed E-state index contributed by atoms with van der Waals surface area (Å²) in [6.07, 6.45) is -0.803. The maximum absolute atomic E-state index is 13.3. The molecule has 1 N–H and O–H groups in total. The maximum atomic E-state index is 13.3. The Labute approximate surface area is 247 Å². The third-order valence-corrected chi connectivity index (χ3v) is 12.7. The van der Waals surface area contributed by atoms with Crippen molar-refractivity contribution in [2.45, 2.75) is 90.1 Å². The van der Waals surface area contributed by atoms with Gasteiger partial charge in [0, 0.05) is 35.1 Å². The maximum Gasteiger partial charge on any atom is 0.516 e. The van der Waals surface area contributed by atoms with Gasteiger partial charge in [0.25, 0.3) is 0 Å². The minimum absolute atomic E-state index is 0.0437. The van der Waals surface area contributed by atoms with E-state index in [1.165, 1.54) is 32.0 Å². The van der Waals surface area contributed by atoms with Gasteiger partial charge in [0.15, 0.2) is 14.6 Å². The van der Waals surface area contributed by atoms with E-state index in [1.807, 2.05) is 13.1 Å². The lowest BCUT2D eigenvalue weighted by Crippen LogP contribution is -2.44. The molecule has 0 bridgehead atoms. The van der Waals surface area contributed by atoms with E-state index < -0.39 is 38.7 Å². The van der Waals surface area contributed by atoms with E-state index in [9.17, 15) is 19.2 Å². The second-order valence-corrected chi connectivity index (χ2v) is 17.0. The van der Waals surface area contributed by atoms with Crippen LogP contribution in [0.15, 0.2) is 6.07 Å². The van der Waals surface area contributed by atoms with Crippen molar-refractivity contribution in [1.29, 1.82) is 0 Å². The van der Waals surface area contributed by atoms with Gasteiger partial charge in [-0.2, -0.15) is 11.8 Å². The Balaban J connectivity index is 2.42. The number of fused-ring (bicyclic) bond motifs is 1. The Bertz CT molecular complexity index is 1120. The Morgan fingerprint density at radius 1 is 1.15 bits per heavy atom. The molecule has 0 aliphatic carbocycles. The lowest BCUT2D eigenvalue weighted by Gasteiger charge is -2.37. The van der Waals surface area contributed by atoms with E-state index in [2.05, 4.69) is 26.1 Å². The minimum atomic E-state index is -2.23. The highest BCUT2D eigenvalue weighted by atomic mass is 32.2. The molecule has 1 aromatic rings. The fourth-order valence-corrected chi connectivity index (χ4v) is 6.15. The topological polar surface area (TPSA) is 136 Å². The Kier molecular flexibility index (Phi) is 12.5. The first kappa shape index (κ1) is 34.4. The highest BCUT2D eigenvalue weighted by molar-refractivity contribution is 7.98. The van der Waals surface area contributed by atoms with Crippen molar-refractivity contribution in [3.05, 3.63) is 22.8 Å². The van der Waals surface area contributed by atoms with Crippen molar-refractivity contribution in [1.82, 2.24) is 5.32 Å². The molecule has 2 atom stereocenters. The molecule has 0 fully saturated rings. The number of hydrogen-bond donors (Lipinski definition) is 1. The van der Waals surface area contributed by atoms with Crippen molar-refractivity contribution in [2.24, 2.45) is 0 Å². The van der Waals surface area contributed by atoms with Crippen LogP contribution in [-0.2, 0) is 34.0 Å². The predicted octanol–water partition coefficient (Wildman–Crippen LogP) is 5.12. The molecule has 230 valence electrons. The number of nitrogens with one attached hydrogen (secondary N) is 1. The normalized spacial score (nSPS) is 18.1. The van der Waals surface area contributed by atoms with Crippen LogP contribution in [0.2, 0.25) is 18.1 Å². The van der Waals surface area contributed by atoms with Crippen LogP contribution in [0.1, 0.15) is 68.4 Å². The van der Waals surface area contributed by atoms with E-state index in [4.69, 9.17) is 28.1 Å². The number of benzene rings is 1. The molecule has 1 unspecified atom stereocenters. The number of esters is 2. The molecule has 0 spiro atoms. The number of carbonyl (C=O) groups excluding carboxylic acids is 4. The molecule has 0 saturated carbocycles. The van der Waals surface area contributed by atoms with E-state index in [0.717, 1.165) is 0 Å². The van der Waals surface area contributed by atoms with Crippen LogP contribution in [0.25, 0.3) is 0 Å². The third kappa shape index (κ3) is 9.64. The van der Waals surface area contributed by atoms with Crippen LogP contribution < -0.4 is 14.8 Å². The summed E-state index contributed by atoms with van der Waals surface area (Å²) in [4.78, 5) is 50.9. The summed E-state index contributed by atoms with van der Waals surface area (Å²) in [5.74, 6) is -0.848. The first-order valence-corrected chi connectivity index (χ1v) is 17.6. The quantitative estimate of drug-likeness (QED) is 0.151. The Morgan fingerprint density at radius 2 is 1.83 bits per heavy atom. The lowest BCUT2D eigenvalue weighted by molar-refractivity contribution is -0.144. The van der Waals surface area contributed by atoms with Crippen LogP contribution in [0, 0.1) is 6.92 Å². The smallest absolute Gasteiger partial charge is 0.496 e. The molecule has 11 nitrogen and oxygen atoms in total. The molecule has 41 heavy (non-hydrogen) atoms. The predicted molar refractivity (Wildman–Crippen MR) is 157 cm³/mol. The molecule has 2 rings (SSSR count). The van der Waals surface area contributed by atoms with Crippen LogP contribution in [-0.4, -0.2) is 71.2 Å². The van der Waals surface area contributed by atoms with E-state index in [0.29, 0.717) is 29.7 Å². The average Bonchev–Trinajstić information content (AvgIpc) is 2.86. The highest BCUT2D eigenvalue weighted by Gasteiger charge is 2.39. The molecule has 0 saturated heterocycles. The van der Waals surface area contributed by atoms with E-state index in [1.54, 1.807) is 13.8 Å². The molecule has 0 aromatic heterocycles. The van der Waals surface area contributed by atoms with Gasteiger partial charge in [0.1, 0.15) is 17.5 Å². The molecule has 1 aromatic carbocycles. The van der Waals surface area contributed by atoms with Crippen molar-refractivity contribution >= 4 is 44.1 Å². The van der Waals surface area contributed by atoms with Crippen molar-refractivity contribution in [2.75, 3.05) is 26.6 Å². The average molecular weight is 614 g/mol. The highest BCUT2D eigenvalue weighted by Crippen LogP contribution is 2.38. The van der Waals surface area contributed by atoms with Crippen LogP contribution in [0.5, 0.6) is 11.5 Å². The van der Waals surface area contributed by atoms with Crippen LogP contribution in [0.4, 0.5) is 4.79 Å². The second kappa shape index (κ2) is 14.9. The fourth-order valence-electron chi connectivity index (χ4n) is 3.86. The number of carbonyl (C=O) groups is 4. The zero-order chi connectivity index (χ0) is 31.0. The van der Waals surface area contributed by atoms with Crippen LogP contribution >= 0.6 is 11.8 Å². The molecule has 0 radical (unpaired) electrons. The second-order valence-electron chi connectivity index (χ2n) is 11.2. The molecule has 1 heterocycles. The number of thioether (sulfide) groups is 1. The number of hydrogen-bond acceptors (Lipinski definition) is 11. The SMILES string of the molecule is COC(=O)[C@@H]1CSCc2c(OC(=O)OC(C)O[Si](C)(C)C(C)(C)C)cc(OC)c(C)c2C(=O)OCCCCC(=O)N1. The molecule has 1 amide bonds. The van der Waals surface area contributed by atoms with Crippen molar-refractivity contribution in [3.63, 3.8) is 0 Å². The summed E-state index contributed by atoms with van der Waals surface area (Å²) in [6, 6.07) is 0.614. The summed E-state index contributed by atoms with van der Waals surface area (Å²) in [5.41, 5.74) is 1.06. The van der Waals surface area contributed by atoms with Crippen molar-refractivity contribution in [3.8, 4) is 11.5 Å². The van der Waals surface area contributed by atoms with Gasteiger partial charge in [-0.15, -0.1) is 0 Å². The van der Waals surface area contributed by atoms with Gasteiger partial charge in [-0.05, 0) is 44.8 Å². The van der Waals surface area contributed by atoms with Gasteiger partial charge in [-0.1, -0.05) is 20.8 Å². The zero-order valence-electron chi connectivity index (χ0n) is 25.5. The van der Waals surface area contributed by atoms with Crippen LogP contribution in [0.3, 0.4) is 0 Å². The summed E-state index contributed by atoms with van der Waals surface area (Å²) in [5, 5.41) is 2.61. The van der Waals surface area contributed by atoms with E-state index >= 15 is 0 Å². The number of ether oxygens (including phenoxy) is 5. The molecule has 1 aliphatic heterocycles. The molecule has 13 heteroatoms. The third-order valence-electron chi connectivity index (χ3n) is 7.14. The number of cyclic esters (lactones) is 1. The fraction of sp³-hybridized carbons (Fsp3) is 0.643. The van der Waals surface area contributed by atoms with Gasteiger partial charge in [0.05, 0.1) is 26.4 Å². The summed E-state index contributed by atoms with van der Waals surface area (Å²) >= 11 is 1.25. The van der Waals surface area contributed by atoms with Gasteiger partial charge >= 0.3 is 18.1 Å². The molecular weight excluding hydrogens is 570 g/mol. The first-order valence-electron chi connectivity index (χ1n) is 13.5. The van der Waals surface area contributed by atoms with Crippen molar-refractivity contribution < 1.29 is 47.3 Å². The van der Waals surface area contributed by atoms with Gasteiger partial charge < -0.3 is 33.4 Å². The Hall–Kier alpha value is -2.77. The van der Waals surface area contributed by atoms with Gasteiger partial charge in [-0.25, -0.2) is 14.4 Å². The minimum Gasteiger partial charge on any atom is -0.496 e. The number of methoxy groups -OCH3 is 2. The van der Waals surface area contributed by atoms with E-state index in [-0.39, 0.29) is 46.8 Å².